The second kappa shape index (κ2) is 15.3. The Morgan fingerprint density at radius 2 is 1.47 bits per heavy atom. The standard InChI is InChI=1S/C40H68O5/c1-29(16-12-17-31(3)20-21-35-36(4,5)24-33(42)26-38(35,8)44)14-10-11-15-30(2)18-13-19-32(28-41)22-23-40-37(6,7)25-34(43)27-39(40,9)45-40/h11,13,15,18,20-23,29-35,41-44H,10,12,14,16-17,19,24-28H2,1-9H3/b15-11+,18-13+,21-20?,23-22+/t29?,30?,31?,32?,33-,34-,35?,38+,39+,40-/m0/s1. The van der Waals surface area contributed by atoms with Gasteiger partial charge in [-0.25, -0.2) is 0 Å². The zero-order valence-electron chi connectivity index (χ0n) is 30.1. The van der Waals surface area contributed by atoms with Gasteiger partial charge in [0.25, 0.3) is 0 Å². The van der Waals surface area contributed by atoms with Crippen molar-refractivity contribution in [3.05, 3.63) is 48.6 Å². The van der Waals surface area contributed by atoms with Crippen LogP contribution in [0.15, 0.2) is 48.6 Å². The molecule has 4 N–H and O–H groups in total. The van der Waals surface area contributed by atoms with Gasteiger partial charge in [0.1, 0.15) is 11.2 Å². The topological polar surface area (TPSA) is 93.5 Å². The molecule has 45 heavy (non-hydrogen) atoms. The average Bonchev–Trinajstić information content (AvgIpc) is 3.52. The third kappa shape index (κ3) is 9.89. The summed E-state index contributed by atoms with van der Waals surface area (Å²) in [5, 5.41) is 41.4. The van der Waals surface area contributed by atoms with Crippen LogP contribution in [0, 0.1) is 40.4 Å². The Morgan fingerprint density at radius 1 is 0.800 bits per heavy atom. The van der Waals surface area contributed by atoms with Gasteiger partial charge in [0.05, 0.1) is 17.8 Å². The molecule has 5 unspecified atom stereocenters. The first-order valence-electron chi connectivity index (χ1n) is 18.0. The number of aliphatic hydroxyl groups is 4. The van der Waals surface area contributed by atoms with E-state index in [9.17, 15) is 20.4 Å². The third-order valence-electron chi connectivity index (χ3n) is 11.4. The molecule has 2 aliphatic carbocycles. The lowest BCUT2D eigenvalue weighted by atomic mass is 9.61. The Labute approximate surface area is 275 Å². The fourth-order valence-corrected chi connectivity index (χ4v) is 8.83. The molecule has 2 saturated carbocycles. The van der Waals surface area contributed by atoms with Gasteiger partial charge in [-0.2, -0.15) is 0 Å². The van der Waals surface area contributed by atoms with Crippen molar-refractivity contribution in [2.24, 2.45) is 40.4 Å². The summed E-state index contributed by atoms with van der Waals surface area (Å²) in [7, 11) is 0. The van der Waals surface area contributed by atoms with Gasteiger partial charge >= 0.3 is 0 Å². The molecule has 1 aliphatic heterocycles. The Hall–Kier alpha value is -1.24. The van der Waals surface area contributed by atoms with Crippen LogP contribution in [0.3, 0.4) is 0 Å². The van der Waals surface area contributed by atoms with Crippen molar-refractivity contribution in [3.8, 4) is 0 Å². The highest BCUT2D eigenvalue weighted by atomic mass is 16.6. The molecular formula is C40H68O5. The number of rotatable bonds is 16. The van der Waals surface area contributed by atoms with Crippen LogP contribution < -0.4 is 0 Å². The zero-order chi connectivity index (χ0) is 33.7. The minimum absolute atomic E-state index is 0.0602. The zero-order valence-corrected chi connectivity index (χ0v) is 30.1. The number of fused-ring (bicyclic) bond motifs is 1. The van der Waals surface area contributed by atoms with Gasteiger partial charge in [-0.1, -0.05) is 110 Å². The van der Waals surface area contributed by atoms with Crippen molar-refractivity contribution in [3.63, 3.8) is 0 Å². The lowest BCUT2D eigenvalue weighted by Gasteiger charge is -2.48. The fourth-order valence-electron chi connectivity index (χ4n) is 8.83. The first-order valence-corrected chi connectivity index (χ1v) is 18.0. The number of allylic oxidation sites excluding steroid dienone is 5. The molecule has 0 aromatic rings. The van der Waals surface area contributed by atoms with E-state index >= 15 is 0 Å². The molecule has 5 heteroatoms. The minimum Gasteiger partial charge on any atom is -0.396 e. The molecule has 3 rings (SSSR count). The van der Waals surface area contributed by atoms with Crippen LogP contribution in [0.5, 0.6) is 0 Å². The minimum atomic E-state index is -0.862. The van der Waals surface area contributed by atoms with Crippen molar-refractivity contribution in [1.82, 2.24) is 0 Å². The molecule has 5 nitrogen and oxygen atoms in total. The summed E-state index contributed by atoms with van der Waals surface area (Å²) in [6, 6.07) is 0. The van der Waals surface area contributed by atoms with Gasteiger partial charge in [-0.15, -0.1) is 0 Å². The van der Waals surface area contributed by atoms with Gasteiger partial charge in [0.15, 0.2) is 0 Å². The van der Waals surface area contributed by atoms with Gasteiger partial charge in [-0.05, 0) is 75.5 Å². The highest BCUT2D eigenvalue weighted by Gasteiger charge is 2.74. The maximum Gasteiger partial charge on any atom is 0.121 e. The summed E-state index contributed by atoms with van der Waals surface area (Å²) in [4.78, 5) is 0. The largest absolute Gasteiger partial charge is 0.396 e. The van der Waals surface area contributed by atoms with E-state index in [2.05, 4.69) is 104 Å². The van der Waals surface area contributed by atoms with Crippen molar-refractivity contribution >= 4 is 0 Å². The summed E-state index contributed by atoms with van der Waals surface area (Å²) in [5.41, 5.74) is -1.77. The SMILES string of the molecule is CC(/C=C/CCC(C)CCCC(C)C=CC1C(C)(C)C[C@H](O)C[C@@]1(C)O)/C=C/CC(/C=C/[C@@]12O[C@]1(C)C[C@@H](O)CC2(C)C)CO. The maximum absolute atomic E-state index is 11.0. The molecule has 10 atom stereocenters. The molecule has 0 bridgehead atoms. The number of hydrogen-bond acceptors (Lipinski definition) is 5. The number of aliphatic hydroxyl groups excluding tert-OH is 3. The van der Waals surface area contributed by atoms with E-state index in [1.807, 2.05) is 6.92 Å². The van der Waals surface area contributed by atoms with E-state index in [0.29, 0.717) is 30.6 Å². The lowest BCUT2D eigenvalue weighted by molar-refractivity contribution is -0.111. The van der Waals surface area contributed by atoms with Gasteiger partial charge in [-0.3, -0.25) is 0 Å². The highest BCUT2D eigenvalue weighted by Crippen LogP contribution is 2.66. The average molecular weight is 629 g/mol. The van der Waals surface area contributed by atoms with Crippen molar-refractivity contribution < 1.29 is 25.2 Å². The molecule has 0 spiro atoms. The predicted molar refractivity (Wildman–Crippen MR) is 187 cm³/mol. The van der Waals surface area contributed by atoms with Gasteiger partial charge in [0, 0.05) is 36.7 Å². The van der Waals surface area contributed by atoms with Crippen LogP contribution in [0.25, 0.3) is 0 Å². The van der Waals surface area contributed by atoms with Crippen LogP contribution in [-0.4, -0.2) is 56.0 Å². The second-order valence-corrected chi connectivity index (χ2v) is 17.1. The van der Waals surface area contributed by atoms with Crippen LogP contribution >= 0.6 is 0 Å². The Kier molecular flexibility index (Phi) is 13.0. The van der Waals surface area contributed by atoms with Crippen LogP contribution in [0.4, 0.5) is 0 Å². The molecule has 0 amide bonds. The monoisotopic (exact) mass is 629 g/mol. The molecule has 3 aliphatic rings. The summed E-state index contributed by atoms with van der Waals surface area (Å²) < 4.78 is 6.25. The van der Waals surface area contributed by atoms with E-state index in [1.54, 1.807) is 0 Å². The van der Waals surface area contributed by atoms with E-state index in [1.165, 1.54) is 19.3 Å². The van der Waals surface area contributed by atoms with Crippen molar-refractivity contribution in [2.45, 2.75) is 156 Å². The van der Waals surface area contributed by atoms with Crippen molar-refractivity contribution in [2.75, 3.05) is 6.61 Å². The highest BCUT2D eigenvalue weighted by molar-refractivity contribution is 5.32. The molecular weight excluding hydrogens is 560 g/mol. The molecule has 1 saturated heterocycles. The summed E-state index contributed by atoms with van der Waals surface area (Å²) in [6.07, 6.45) is 26.4. The Balaban J connectivity index is 1.33. The van der Waals surface area contributed by atoms with Crippen LogP contribution in [0.2, 0.25) is 0 Å². The molecule has 1 heterocycles. The predicted octanol–water partition coefficient (Wildman–Crippen LogP) is 8.33. The van der Waals surface area contributed by atoms with Crippen molar-refractivity contribution in [1.29, 1.82) is 0 Å². The van der Waals surface area contributed by atoms with E-state index < -0.39 is 11.7 Å². The lowest BCUT2D eigenvalue weighted by Crippen LogP contribution is -2.50. The number of hydrogen-bond donors (Lipinski definition) is 4. The molecule has 258 valence electrons. The number of epoxide rings is 1. The van der Waals surface area contributed by atoms with E-state index in [-0.39, 0.29) is 46.6 Å². The maximum atomic E-state index is 11.0. The molecule has 3 fully saturated rings. The first-order chi connectivity index (χ1) is 20.9. The quantitative estimate of drug-likeness (QED) is 0.102. The Morgan fingerprint density at radius 3 is 2.11 bits per heavy atom. The first kappa shape index (κ1) is 38.2. The van der Waals surface area contributed by atoms with E-state index in [0.717, 1.165) is 32.1 Å². The van der Waals surface area contributed by atoms with Crippen LogP contribution in [0.1, 0.15) is 127 Å². The molecule has 0 aromatic carbocycles. The molecule has 0 aromatic heterocycles. The Bertz CT molecular complexity index is 1030. The van der Waals surface area contributed by atoms with E-state index in [4.69, 9.17) is 4.74 Å². The summed E-state index contributed by atoms with van der Waals surface area (Å²) in [6.45, 7) is 19.6. The second-order valence-electron chi connectivity index (χ2n) is 17.1. The van der Waals surface area contributed by atoms with Gasteiger partial charge in [0.2, 0.25) is 0 Å². The smallest absolute Gasteiger partial charge is 0.121 e. The third-order valence-corrected chi connectivity index (χ3v) is 11.4. The summed E-state index contributed by atoms with van der Waals surface area (Å²) in [5.74, 6) is 1.67. The molecule has 0 radical (unpaired) electrons. The van der Waals surface area contributed by atoms with Gasteiger partial charge < -0.3 is 25.2 Å². The number of ether oxygens (including phenoxy) is 1. The summed E-state index contributed by atoms with van der Waals surface area (Å²) >= 11 is 0. The fraction of sp³-hybridized carbons (Fsp3) is 0.800. The van der Waals surface area contributed by atoms with Crippen LogP contribution in [-0.2, 0) is 4.74 Å². The normalized spacial score (nSPS) is 37.3.